The fourth-order valence-corrected chi connectivity index (χ4v) is 17.1. The quantitative estimate of drug-likeness (QED) is 0.0152. The average Bonchev–Trinajstić information content (AvgIpc) is 1.64. The number of aliphatic hydroxyl groups excluding tert-OH is 2. The van der Waals surface area contributed by atoms with E-state index >= 15 is 0 Å². The van der Waals surface area contributed by atoms with Crippen LogP contribution in [0.4, 0.5) is 52.7 Å². The van der Waals surface area contributed by atoms with Gasteiger partial charge < -0.3 is 47.7 Å². The molecule has 7 heterocycles. The number of aromatic amines is 1. The normalized spacial score (nSPS) is 12.6. The third kappa shape index (κ3) is 28.0. The van der Waals surface area contributed by atoms with Crippen molar-refractivity contribution in [2.24, 2.45) is 14.1 Å². The Hall–Kier alpha value is -8.10. The maximum atomic E-state index is 14.8. The van der Waals surface area contributed by atoms with Gasteiger partial charge >= 0.3 is 19.1 Å². The topological polar surface area (TPSA) is 212 Å². The summed E-state index contributed by atoms with van der Waals surface area (Å²) in [6.45, 7) is 8.43. The highest BCUT2D eigenvalue weighted by atomic mass is 79.9. The molecule has 126 heavy (non-hydrogen) atoms. The Morgan fingerprint density at radius 2 is 0.841 bits per heavy atom. The van der Waals surface area contributed by atoms with Gasteiger partial charge in [0.05, 0.1) is 104 Å². The van der Waals surface area contributed by atoms with Crippen molar-refractivity contribution >= 4 is 199 Å². The molecule has 1 aliphatic rings. The Morgan fingerprint density at radius 1 is 0.484 bits per heavy atom. The van der Waals surface area contributed by atoms with E-state index in [9.17, 15) is 70.7 Å². The molecule has 0 aliphatic carbocycles. The first-order valence-electron chi connectivity index (χ1n) is 37.2. The number of aliphatic hydroxyl groups is 2. The van der Waals surface area contributed by atoms with Crippen LogP contribution in [0, 0.1) is 69.8 Å². The summed E-state index contributed by atoms with van der Waals surface area (Å²) in [7, 11) is 7.23. The number of aromatic nitrogens is 8. The van der Waals surface area contributed by atoms with Gasteiger partial charge in [-0.15, -0.1) is 47.0 Å². The number of halogens is 17. The molecule has 14 aromatic rings. The lowest BCUT2D eigenvalue weighted by Gasteiger charge is -2.32. The highest BCUT2D eigenvalue weighted by Gasteiger charge is 2.52. The number of H-pyrrole nitrogens is 1. The highest BCUT2D eigenvalue weighted by Crippen LogP contribution is 2.40. The molecule has 0 unspecified atom stereocenters. The second-order valence-electron chi connectivity index (χ2n) is 28.3. The van der Waals surface area contributed by atoms with E-state index in [2.05, 4.69) is 99.1 Å². The molecule has 0 bridgehead atoms. The molecule has 0 spiro atoms. The SMILES string of the molecule is COC(=O)CSc1c[nH]c2cc(F)cc(F)c12.COC(=O)CSc1cn(Cc2ccc(Br)cc2F)c2cc(F)cc(F)c12.CS(=O)(=O)Cl.Cn1cc(-c2ccc(Cn3cc(SCCO)c4c(F)cc(F)cc43)c(F)c2)cn1.Cn1cc(B2OC(C)(C)C(C)(C)O2)cn1.Fc1cc(Br)ccc1CBr.OCCSc1cn(Cc2ccc(Br)cc2F)c2cc(F)cc(F)c12. The monoisotopic (exact) mass is 2120 g/mol. The van der Waals surface area contributed by atoms with E-state index in [1.54, 1.807) is 116 Å². The molecule has 3 N–H and O–H groups in total. The summed E-state index contributed by atoms with van der Waals surface area (Å²) in [4.78, 5) is 27.3. The highest BCUT2D eigenvalue weighted by molar-refractivity contribution is 9.11. The number of nitrogens with one attached hydrogen (secondary N) is 1. The molecular formula is C85H78BBr4ClF12N8O10S5. The molecule has 8 aromatic carbocycles. The minimum absolute atomic E-state index is 0.0148. The number of hydrogen-bond acceptors (Lipinski definition) is 16. The lowest BCUT2D eigenvalue weighted by atomic mass is 9.82. The third-order valence-corrected chi connectivity index (χ3v) is 24.8. The Bertz CT molecular complexity index is 6310. The van der Waals surface area contributed by atoms with Crippen LogP contribution < -0.4 is 5.46 Å². The Labute approximate surface area is 771 Å². The number of fused-ring (bicyclic) bond motifs is 4. The van der Waals surface area contributed by atoms with Crippen LogP contribution in [-0.4, -0.2) is 144 Å². The lowest BCUT2D eigenvalue weighted by Crippen LogP contribution is -2.41. The van der Waals surface area contributed by atoms with Crippen molar-refractivity contribution in [3.8, 4) is 11.1 Å². The molecule has 0 saturated carbocycles. The second kappa shape index (κ2) is 45.9. The average molecular weight is 2130 g/mol. The largest absolute Gasteiger partial charge is 0.498 e. The van der Waals surface area contributed by atoms with Crippen molar-refractivity contribution in [1.82, 2.24) is 38.2 Å². The number of esters is 2. The molecule has 15 rings (SSSR count). The summed E-state index contributed by atoms with van der Waals surface area (Å²) in [5.74, 6) is -6.89. The number of carbonyl (C=O) groups is 2. The van der Waals surface area contributed by atoms with Gasteiger partial charge in [-0.05, 0) is 106 Å². The van der Waals surface area contributed by atoms with Crippen molar-refractivity contribution in [2.75, 3.05) is 56.7 Å². The van der Waals surface area contributed by atoms with Gasteiger partial charge in [0.1, 0.15) is 69.8 Å². The van der Waals surface area contributed by atoms with Crippen LogP contribution in [0.15, 0.2) is 204 Å². The molecule has 41 heteroatoms. The summed E-state index contributed by atoms with van der Waals surface area (Å²) in [6, 6.07) is 27.4. The van der Waals surface area contributed by atoms with E-state index in [1.807, 2.05) is 47.0 Å². The number of rotatable bonds is 21. The zero-order chi connectivity index (χ0) is 92.4. The van der Waals surface area contributed by atoms with E-state index in [-0.39, 0.29) is 90.2 Å². The minimum Gasteiger partial charge on any atom is -0.468 e. The fourth-order valence-electron chi connectivity index (χ4n) is 12.1. The lowest BCUT2D eigenvalue weighted by molar-refractivity contribution is -0.138. The fraction of sp³-hybridized carbons (Fsp3) is 0.247. The van der Waals surface area contributed by atoms with Crippen LogP contribution >= 0.6 is 121 Å². The molecule has 1 fully saturated rings. The number of methoxy groups -OCH3 is 2. The van der Waals surface area contributed by atoms with Gasteiger partial charge in [-0.3, -0.25) is 19.0 Å². The van der Waals surface area contributed by atoms with Crippen molar-refractivity contribution in [3.63, 3.8) is 0 Å². The van der Waals surface area contributed by atoms with Gasteiger partial charge in [-0.1, -0.05) is 94.1 Å². The van der Waals surface area contributed by atoms with Gasteiger partial charge in [0, 0.05) is 192 Å². The summed E-state index contributed by atoms with van der Waals surface area (Å²) < 4.78 is 216. The standard InChI is InChI=1S/C21H18F3N3OS.C18H13BrF3NO2S.C17H13BrF3NOS.C11H9F2NO2S.C10H17BN2O2.C7H5Br2F.CH3ClO2S/c1-26-10-15(9-25-26)13-2-3-14(17(23)6-13)11-27-12-20(29-5-4-28)21-18(24)7-16(22)8-19(21)27;1-25-17(24)9-26-16-8-23(7-10-2-3-11(19)4-13(10)21)15-6-12(20)5-14(22)18(15)16;18-11-2-1-10(13(20)5-11)8-22-9-16(24-4-3-23)17-14(21)6-12(19)7-15(17)22;1-16-10(15)5-17-9-4-14-8-3-6(12)2-7(13)11(8)9;1-9(2)10(3,4)15-11(14-9)8-6-12-13(5)7-8;8-4-5-1-2-6(9)3-7(5)10;1-5(2,3)4/h2-3,6-10,12,28H,4-5,11H2,1H3;2-6,8H,7,9H2,1H3;1-2,5-7,9,23H,3-4,8H2;2-4,14H,5H2,1H3;6-7H,1-5H3;1-3H,4H2;1H3. The number of carbonyl (C=O) groups excluding carboxylic acids is 2. The minimum atomic E-state index is -3.19. The van der Waals surface area contributed by atoms with Gasteiger partial charge in [0.2, 0.25) is 9.05 Å². The Balaban J connectivity index is 0.000000173. The number of hydrogen-bond donors (Lipinski definition) is 3. The van der Waals surface area contributed by atoms with Crippen LogP contribution in [0.3, 0.4) is 0 Å². The van der Waals surface area contributed by atoms with Gasteiger partial charge in [0.25, 0.3) is 0 Å². The number of alkyl halides is 1. The predicted octanol–water partition coefficient (Wildman–Crippen LogP) is 21.8. The van der Waals surface area contributed by atoms with Gasteiger partial charge in [0.15, 0.2) is 0 Å². The molecule has 1 saturated heterocycles. The molecule has 0 amide bonds. The molecule has 1 aliphatic heterocycles. The molecule has 0 atom stereocenters. The number of thioether (sulfide) groups is 4. The molecule has 18 nitrogen and oxygen atoms in total. The van der Waals surface area contributed by atoms with Crippen LogP contribution in [0.25, 0.3) is 54.7 Å². The molecule has 0 radical (unpaired) electrons. The maximum Gasteiger partial charge on any atom is 0.498 e. The van der Waals surface area contributed by atoms with Gasteiger partial charge in [-0.25, -0.2) is 61.1 Å². The number of ether oxygens (including phenoxy) is 2. The van der Waals surface area contributed by atoms with E-state index in [0.29, 0.717) is 95.1 Å². The first-order chi connectivity index (χ1) is 59.5. The van der Waals surface area contributed by atoms with Crippen LogP contribution in [0.1, 0.15) is 49.9 Å². The van der Waals surface area contributed by atoms with Crippen molar-refractivity contribution in [2.45, 2.75) is 83.4 Å². The third-order valence-electron chi connectivity index (χ3n) is 18.6. The summed E-state index contributed by atoms with van der Waals surface area (Å²) in [5, 5.41) is 27.9. The zero-order valence-electron chi connectivity index (χ0n) is 68.1. The zero-order valence-corrected chi connectivity index (χ0v) is 79.3. The number of nitrogens with zero attached hydrogens (tertiary/aromatic N) is 7. The van der Waals surface area contributed by atoms with E-state index in [0.717, 1.165) is 69.5 Å². The Kier molecular flexibility index (Phi) is 37.1. The first-order valence-corrected chi connectivity index (χ1v) is 47.3. The molecule has 6 aromatic heterocycles. The summed E-state index contributed by atoms with van der Waals surface area (Å²) in [6.07, 6.45) is 14.5. The Morgan fingerprint density at radius 3 is 1.20 bits per heavy atom. The second-order valence-corrected chi connectivity index (χ2v) is 39.0. The van der Waals surface area contributed by atoms with Crippen LogP contribution in [-0.2, 0) is 76.5 Å². The maximum absolute atomic E-state index is 14.8. The van der Waals surface area contributed by atoms with E-state index in [1.165, 1.54) is 86.3 Å². The van der Waals surface area contributed by atoms with Crippen molar-refractivity contribution < 1.29 is 99.7 Å². The number of benzene rings is 8. The smallest absolute Gasteiger partial charge is 0.468 e. The van der Waals surface area contributed by atoms with Gasteiger partial charge in [-0.2, -0.15) is 10.2 Å². The summed E-state index contributed by atoms with van der Waals surface area (Å²) in [5.41, 5.74) is 5.14. The predicted molar refractivity (Wildman–Crippen MR) is 485 cm³/mol. The number of aryl methyl sites for hydroxylation is 2. The van der Waals surface area contributed by atoms with Crippen molar-refractivity contribution in [3.05, 3.63) is 276 Å². The van der Waals surface area contributed by atoms with Crippen LogP contribution in [0.5, 0.6) is 0 Å². The molecule has 670 valence electrons. The van der Waals surface area contributed by atoms with Crippen molar-refractivity contribution in [1.29, 1.82) is 0 Å². The van der Waals surface area contributed by atoms with Crippen LogP contribution in [0.2, 0.25) is 0 Å². The first kappa shape index (κ1) is 102. The van der Waals surface area contributed by atoms with E-state index in [4.69, 9.17) is 19.5 Å². The summed E-state index contributed by atoms with van der Waals surface area (Å²) >= 11 is 17.5. The van der Waals surface area contributed by atoms with E-state index < -0.39 is 85.0 Å². The molecular weight excluding hydrogens is 2050 g/mol.